The van der Waals surface area contributed by atoms with Crippen molar-refractivity contribution in [3.8, 4) is 6.07 Å². The number of nitrogens with zero attached hydrogens (tertiary/aromatic N) is 6. The Morgan fingerprint density at radius 3 is 2.80 bits per heavy atom. The van der Waals surface area contributed by atoms with E-state index >= 15 is 0 Å². The van der Waals surface area contributed by atoms with E-state index in [9.17, 15) is 4.79 Å². The number of benzene rings is 1. The number of hydrogen-bond acceptors (Lipinski definition) is 6. The van der Waals surface area contributed by atoms with Gasteiger partial charge in [-0.1, -0.05) is 12.1 Å². The first-order valence-corrected chi connectivity index (χ1v) is 10.2. The van der Waals surface area contributed by atoms with Gasteiger partial charge in [-0.05, 0) is 50.3 Å². The van der Waals surface area contributed by atoms with Gasteiger partial charge >= 0.3 is 0 Å². The molecule has 7 nitrogen and oxygen atoms in total. The van der Waals surface area contributed by atoms with Crippen molar-refractivity contribution in [3.63, 3.8) is 0 Å². The van der Waals surface area contributed by atoms with E-state index in [1.807, 2.05) is 52.9 Å². The Bertz CT molecular complexity index is 1320. The molecule has 30 heavy (non-hydrogen) atoms. The topological polar surface area (TPSA) is 77.5 Å². The van der Waals surface area contributed by atoms with Crippen molar-refractivity contribution >= 4 is 39.3 Å². The number of nitriles is 1. The van der Waals surface area contributed by atoms with Gasteiger partial charge in [0.2, 0.25) is 0 Å². The van der Waals surface area contributed by atoms with Crippen LogP contribution in [0.1, 0.15) is 23.2 Å². The van der Waals surface area contributed by atoms with Gasteiger partial charge in [-0.3, -0.25) is 9.20 Å². The lowest BCUT2D eigenvalue weighted by molar-refractivity contribution is 0.0999. The van der Waals surface area contributed by atoms with Crippen LogP contribution in [-0.4, -0.2) is 58.3 Å². The van der Waals surface area contributed by atoms with Crippen molar-refractivity contribution in [1.82, 2.24) is 19.3 Å². The quantitative estimate of drug-likeness (QED) is 0.493. The standard InChI is InChI=1S/C23H22N6O/c1-27-11-4-12-28(14-13-27)21-8-7-16-15-17(20(30)9-10-24)23-25-18-5-2-3-6-19(18)29(23)22(16)26-21/h2-3,5-8,15H,4,9,11-14H2,1H3. The highest BCUT2D eigenvalue weighted by molar-refractivity contribution is 6.07. The van der Waals surface area contributed by atoms with Gasteiger partial charge in [-0.15, -0.1) is 0 Å². The van der Waals surface area contributed by atoms with E-state index < -0.39 is 0 Å². The van der Waals surface area contributed by atoms with Crippen molar-refractivity contribution in [1.29, 1.82) is 5.26 Å². The summed E-state index contributed by atoms with van der Waals surface area (Å²) in [6.45, 7) is 3.99. The van der Waals surface area contributed by atoms with Crippen LogP contribution in [0, 0.1) is 11.3 Å². The first kappa shape index (κ1) is 18.5. The summed E-state index contributed by atoms with van der Waals surface area (Å²) in [5.41, 5.74) is 3.52. The Morgan fingerprint density at radius 1 is 1.07 bits per heavy atom. The molecule has 0 bridgehead atoms. The number of imidazole rings is 1. The SMILES string of the molecule is CN1CCCN(c2ccc3cc(C(=O)CC#N)c4nc5ccccc5n4c3n2)CC1. The molecule has 5 rings (SSSR count). The van der Waals surface area contributed by atoms with Crippen LogP contribution in [-0.2, 0) is 0 Å². The molecule has 0 spiro atoms. The summed E-state index contributed by atoms with van der Waals surface area (Å²) in [6, 6.07) is 15.6. The van der Waals surface area contributed by atoms with Crippen LogP contribution in [0.15, 0.2) is 42.5 Å². The van der Waals surface area contributed by atoms with Crippen molar-refractivity contribution in [3.05, 3.63) is 48.0 Å². The zero-order valence-corrected chi connectivity index (χ0v) is 16.9. The van der Waals surface area contributed by atoms with Gasteiger partial charge in [0.1, 0.15) is 11.5 Å². The Kier molecular flexibility index (Phi) is 4.57. The highest BCUT2D eigenvalue weighted by Gasteiger charge is 2.20. The molecule has 1 saturated heterocycles. The fourth-order valence-corrected chi connectivity index (χ4v) is 4.21. The number of carbonyl (C=O) groups excluding carboxylic acids is 1. The maximum atomic E-state index is 12.7. The summed E-state index contributed by atoms with van der Waals surface area (Å²) in [5.74, 6) is 0.715. The second kappa shape index (κ2) is 7.39. The predicted octanol–water partition coefficient (Wildman–Crippen LogP) is 3.27. The van der Waals surface area contributed by atoms with E-state index in [1.54, 1.807) is 0 Å². The van der Waals surface area contributed by atoms with Crippen molar-refractivity contribution in [2.45, 2.75) is 12.8 Å². The first-order valence-electron chi connectivity index (χ1n) is 10.2. The van der Waals surface area contributed by atoms with Gasteiger partial charge in [0.05, 0.1) is 29.1 Å². The smallest absolute Gasteiger partial charge is 0.180 e. The Balaban J connectivity index is 1.75. The fourth-order valence-electron chi connectivity index (χ4n) is 4.21. The third kappa shape index (κ3) is 3.06. The Morgan fingerprint density at radius 2 is 1.93 bits per heavy atom. The monoisotopic (exact) mass is 398 g/mol. The molecule has 1 fully saturated rings. The Hall–Kier alpha value is -3.50. The number of Topliss-reactive ketones (excluding diaryl/α,β-unsaturated/α-hetero) is 1. The average Bonchev–Trinajstić information content (AvgIpc) is 3.01. The second-order valence-electron chi connectivity index (χ2n) is 7.80. The molecule has 0 atom stereocenters. The molecule has 3 aromatic heterocycles. The first-order chi connectivity index (χ1) is 14.7. The van der Waals surface area contributed by atoms with Crippen molar-refractivity contribution in [2.24, 2.45) is 0 Å². The number of rotatable bonds is 3. The number of hydrogen-bond donors (Lipinski definition) is 0. The van der Waals surface area contributed by atoms with Gasteiger partial charge in [0, 0.05) is 25.0 Å². The summed E-state index contributed by atoms with van der Waals surface area (Å²) < 4.78 is 1.96. The van der Waals surface area contributed by atoms with Crippen LogP contribution in [0.4, 0.5) is 5.82 Å². The van der Waals surface area contributed by atoms with Gasteiger partial charge < -0.3 is 9.80 Å². The largest absolute Gasteiger partial charge is 0.355 e. The molecule has 0 N–H and O–H groups in total. The molecule has 0 aliphatic carbocycles. The lowest BCUT2D eigenvalue weighted by Gasteiger charge is -2.22. The molecule has 0 saturated carbocycles. The molecule has 1 aromatic carbocycles. The van der Waals surface area contributed by atoms with E-state index in [2.05, 4.69) is 16.8 Å². The maximum Gasteiger partial charge on any atom is 0.180 e. The number of pyridine rings is 2. The second-order valence-corrected chi connectivity index (χ2v) is 7.80. The maximum absolute atomic E-state index is 12.7. The molecular formula is C23H22N6O. The normalized spacial score (nSPS) is 15.5. The van der Waals surface area contributed by atoms with E-state index in [1.165, 1.54) is 0 Å². The molecule has 0 amide bonds. The van der Waals surface area contributed by atoms with Crippen LogP contribution in [0.2, 0.25) is 0 Å². The molecule has 4 aromatic rings. The number of anilines is 1. The minimum absolute atomic E-state index is 0.169. The van der Waals surface area contributed by atoms with Crippen LogP contribution < -0.4 is 4.90 Å². The van der Waals surface area contributed by atoms with E-state index in [-0.39, 0.29) is 12.2 Å². The van der Waals surface area contributed by atoms with Gasteiger partial charge in [-0.2, -0.15) is 5.26 Å². The Labute approximate surface area is 174 Å². The summed E-state index contributed by atoms with van der Waals surface area (Å²) in [6.07, 6.45) is 0.929. The number of aromatic nitrogens is 3. The lowest BCUT2D eigenvalue weighted by atomic mass is 10.1. The molecule has 1 aliphatic rings. The van der Waals surface area contributed by atoms with Crippen molar-refractivity contribution < 1.29 is 4.79 Å². The molecule has 150 valence electrons. The summed E-state index contributed by atoms with van der Waals surface area (Å²) in [5, 5.41) is 9.89. The van der Waals surface area contributed by atoms with Gasteiger partial charge in [-0.25, -0.2) is 9.97 Å². The molecule has 0 radical (unpaired) electrons. The fraction of sp³-hybridized carbons (Fsp3) is 0.304. The molecular weight excluding hydrogens is 376 g/mol. The molecule has 7 heteroatoms. The third-order valence-electron chi connectivity index (χ3n) is 5.79. The van der Waals surface area contributed by atoms with Gasteiger partial charge in [0.25, 0.3) is 0 Å². The summed E-state index contributed by atoms with van der Waals surface area (Å²) in [4.78, 5) is 27.0. The average molecular weight is 398 g/mol. The van der Waals surface area contributed by atoms with E-state index in [4.69, 9.17) is 15.2 Å². The number of para-hydroxylation sites is 2. The number of likely N-dealkylation sites (N-methyl/N-ethyl adjacent to an activating group) is 1. The van der Waals surface area contributed by atoms with Crippen LogP contribution in [0.3, 0.4) is 0 Å². The van der Waals surface area contributed by atoms with Gasteiger partial charge in [0.15, 0.2) is 11.4 Å². The number of ketones is 1. The minimum Gasteiger partial charge on any atom is -0.355 e. The highest BCUT2D eigenvalue weighted by atomic mass is 16.1. The van der Waals surface area contributed by atoms with Crippen LogP contribution >= 0.6 is 0 Å². The minimum atomic E-state index is -0.223. The van der Waals surface area contributed by atoms with E-state index in [0.717, 1.165) is 60.5 Å². The van der Waals surface area contributed by atoms with E-state index in [0.29, 0.717) is 11.2 Å². The molecule has 1 aliphatic heterocycles. The number of carbonyl (C=O) groups is 1. The van der Waals surface area contributed by atoms with Crippen LogP contribution in [0.25, 0.3) is 27.7 Å². The van der Waals surface area contributed by atoms with Crippen molar-refractivity contribution in [2.75, 3.05) is 38.1 Å². The van der Waals surface area contributed by atoms with Crippen LogP contribution in [0.5, 0.6) is 0 Å². The summed E-state index contributed by atoms with van der Waals surface area (Å²) >= 11 is 0. The lowest BCUT2D eigenvalue weighted by Crippen LogP contribution is -2.29. The molecule has 0 unspecified atom stereocenters. The molecule has 4 heterocycles. The zero-order chi connectivity index (χ0) is 20.7. The predicted molar refractivity (Wildman–Crippen MR) is 117 cm³/mol. The summed E-state index contributed by atoms with van der Waals surface area (Å²) in [7, 11) is 2.15. The third-order valence-corrected chi connectivity index (χ3v) is 5.79. The highest BCUT2D eigenvalue weighted by Crippen LogP contribution is 2.28. The zero-order valence-electron chi connectivity index (χ0n) is 16.9. The number of fused-ring (bicyclic) bond motifs is 5.